The zero-order valence-electron chi connectivity index (χ0n) is 16.7. The maximum atomic E-state index is 13.3. The zero-order valence-corrected chi connectivity index (χ0v) is 17.6. The predicted octanol–water partition coefficient (Wildman–Crippen LogP) is 3.95. The molecule has 0 aromatic heterocycles. The number of halogens is 4. The number of rotatable bonds is 5. The summed E-state index contributed by atoms with van der Waals surface area (Å²) in [6.45, 7) is 1.39. The molecule has 1 fully saturated rings. The molecule has 2 aromatic carbocycles. The van der Waals surface area contributed by atoms with Crippen LogP contribution in [0.4, 0.5) is 17.6 Å². The number of nitrogens with zero attached hydrogens (tertiary/aromatic N) is 1. The van der Waals surface area contributed by atoms with E-state index in [1.807, 2.05) is 0 Å². The minimum atomic E-state index is -4.83. The number of hydrogen-bond acceptors (Lipinski definition) is 3. The molecule has 1 N–H and O–H groups in total. The number of sulfonamides is 1. The van der Waals surface area contributed by atoms with Crippen LogP contribution in [0.1, 0.15) is 30.9 Å². The number of benzene rings is 2. The molecule has 2 aromatic rings. The summed E-state index contributed by atoms with van der Waals surface area (Å²) in [5.74, 6) is -0.892. The molecule has 1 saturated heterocycles. The lowest BCUT2D eigenvalue weighted by Gasteiger charge is -2.38. The lowest BCUT2D eigenvalue weighted by Crippen LogP contribution is -2.51. The molecule has 0 unspecified atom stereocenters. The number of carbonyl (C=O) groups is 1. The van der Waals surface area contributed by atoms with Gasteiger partial charge < -0.3 is 5.32 Å². The summed E-state index contributed by atoms with van der Waals surface area (Å²) in [6.07, 6.45) is -4.14. The van der Waals surface area contributed by atoms with Crippen molar-refractivity contribution in [2.24, 2.45) is 5.41 Å². The quantitative estimate of drug-likeness (QED) is 0.690. The van der Waals surface area contributed by atoms with E-state index >= 15 is 0 Å². The highest BCUT2D eigenvalue weighted by Crippen LogP contribution is 2.38. The fraction of sp³-hybridized carbons (Fsp3) is 0.381. The van der Waals surface area contributed by atoms with Crippen LogP contribution in [0.15, 0.2) is 53.4 Å². The standard InChI is InChI=1S/C21H22F4N2O3S/c1-20(19(28)26-13-15-6-4-7-16(22)12-15)10-5-11-27(14-20)31(29,30)18-9-3-2-8-17(18)21(23,24)25/h2-4,6-9,12H,5,10-11,13-14H2,1H3,(H,26,28)/t20-/m0/s1. The van der Waals surface area contributed by atoms with E-state index in [1.165, 1.54) is 24.3 Å². The largest absolute Gasteiger partial charge is 0.417 e. The molecule has 10 heteroatoms. The van der Waals surface area contributed by atoms with Gasteiger partial charge in [-0.25, -0.2) is 12.8 Å². The Morgan fingerprint density at radius 3 is 2.55 bits per heavy atom. The Kier molecular flexibility index (Phi) is 6.43. The van der Waals surface area contributed by atoms with Crippen molar-refractivity contribution in [3.8, 4) is 0 Å². The third kappa shape index (κ3) is 5.07. The van der Waals surface area contributed by atoms with Crippen molar-refractivity contribution < 1.29 is 30.8 Å². The molecule has 0 aliphatic carbocycles. The van der Waals surface area contributed by atoms with Crippen LogP contribution in [0.5, 0.6) is 0 Å². The number of amides is 1. The van der Waals surface area contributed by atoms with Gasteiger partial charge in [0.05, 0.1) is 15.9 Å². The van der Waals surface area contributed by atoms with Crippen molar-refractivity contribution >= 4 is 15.9 Å². The van der Waals surface area contributed by atoms with Crippen molar-refractivity contribution in [3.63, 3.8) is 0 Å². The normalized spacial score (nSPS) is 20.4. The molecule has 5 nitrogen and oxygen atoms in total. The van der Waals surface area contributed by atoms with Crippen LogP contribution in [0, 0.1) is 11.2 Å². The second-order valence-corrected chi connectivity index (χ2v) is 9.72. The van der Waals surface area contributed by atoms with Gasteiger partial charge in [-0.3, -0.25) is 4.79 Å². The molecule has 0 radical (unpaired) electrons. The smallest absolute Gasteiger partial charge is 0.352 e. The minimum absolute atomic E-state index is 0.0152. The Labute approximate surface area is 178 Å². The second-order valence-electron chi connectivity index (χ2n) is 7.81. The summed E-state index contributed by atoms with van der Waals surface area (Å²) in [5, 5.41) is 2.68. The van der Waals surface area contributed by atoms with Gasteiger partial charge in [0.25, 0.3) is 0 Å². The molecular formula is C21H22F4N2O3S. The van der Waals surface area contributed by atoms with Gasteiger partial charge in [-0.15, -0.1) is 0 Å². The Hall–Kier alpha value is -2.46. The number of hydrogen-bond donors (Lipinski definition) is 1. The first-order valence-electron chi connectivity index (χ1n) is 9.63. The summed E-state index contributed by atoms with van der Waals surface area (Å²) in [7, 11) is -4.47. The van der Waals surface area contributed by atoms with Crippen molar-refractivity contribution in [1.29, 1.82) is 0 Å². The van der Waals surface area contributed by atoms with E-state index in [0.717, 1.165) is 22.5 Å². The zero-order chi connectivity index (χ0) is 22.9. The molecule has 168 valence electrons. The monoisotopic (exact) mass is 458 g/mol. The van der Waals surface area contributed by atoms with Crippen molar-refractivity contribution in [1.82, 2.24) is 9.62 Å². The average molecular weight is 458 g/mol. The van der Waals surface area contributed by atoms with Crippen LogP contribution >= 0.6 is 0 Å². The Morgan fingerprint density at radius 1 is 1.16 bits per heavy atom. The second kappa shape index (κ2) is 8.58. The maximum absolute atomic E-state index is 13.3. The Balaban J connectivity index is 1.80. The Bertz CT molecular complexity index is 1070. The van der Waals surface area contributed by atoms with Gasteiger partial charge in [0.1, 0.15) is 5.82 Å². The topological polar surface area (TPSA) is 66.5 Å². The third-order valence-electron chi connectivity index (χ3n) is 5.36. The molecule has 3 rings (SSSR count). The van der Waals surface area contributed by atoms with E-state index in [0.29, 0.717) is 18.4 Å². The molecule has 1 heterocycles. The number of alkyl halides is 3. The number of nitrogens with one attached hydrogen (secondary N) is 1. The van der Waals surface area contributed by atoms with Crippen molar-refractivity contribution in [2.45, 2.75) is 37.4 Å². The van der Waals surface area contributed by atoms with Crippen LogP contribution in [-0.4, -0.2) is 31.7 Å². The van der Waals surface area contributed by atoms with Gasteiger partial charge in [-0.2, -0.15) is 17.5 Å². The minimum Gasteiger partial charge on any atom is -0.352 e. The molecule has 31 heavy (non-hydrogen) atoms. The first kappa shape index (κ1) is 23.2. The first-order valence-corrected chi connectivity index (χ1v) is 11.1. The first-order chi connectivity index (χ1) is 14.4. The molecule has 0 saturated carbocycles. The van der Waals surface area contributed by atoms with Gasteiger partial charge in [-0.1, -0.05) is 24.3 Å². The van der Waals surface area contributed by atoms with Gasteiger partial charge in [0.2, 0.25) is 15.9 Å². The summed E-state index contributed by atoms with van der Waals surface area (Å²) in [4.78, 5) is 12.0. The van der Waals surface area contributed by atoms with Crippen LogP contribution in [0.25, 0.3) is 0 Å². The fourth-order valence-corrected chi connectivity index (χ4v) is 5.51. The molecule has 1 aliphatic rings. The summed E-state index contributed by atoms with van der Waals surface area (Å²) < 4.78 is 80.3. The Morgan fingerprint density at radius 2 is 1.87 bits per heavy atom. The van der Waals surface area contributed by atoms with Gasteiger partial charge in [-0.05, 0) is 49.6 Å². The molecule has 1 atom stereocenters. The molecular weight excluding hydrogens is 436 g/mol. The lowest BCUT2D eigenvalue weighted by atomic mass is 9.82. The highest BCUT2D eigenvalue weighted by molar-refractivity contribution is 7.89. The van der Waals surface area contributed by atoms with E-state index in [-0.39, 0.29) is 19.6 Å². The summed E-state index contributed by atoms with van der Waals surface area (Å²) in [5.41, 5.74) is -1.83. The highest BCUT2D eigenvalue weighted by atomic mass is 32.2. The van der Waals surface area contributed by atoms with Crippen LogP contribution in [0.3, 0.4) is 0 Å². The van der Waals surface area contributed by atoms with Crippen molar-refractivity contribution in [3.05, 3.63) is 65.5 Å². The molecule has 0 bridgehead atoms. The van der Waals surface area contributed by atoms with Crippen LogP contribution < -0.4 is 5.32 Å². The highest BCUT2D eigenvalue weighted by Gasteiger charge is 2.44. The molecule has 1 aliphatic heterocycles. The van der Waals surface area contributed by atoms with Crippen LogP contribution in [-0.2, 0) is 27.5 Å². The van der Waals surface area contributed by atoms with E-state index in [4.69, 9.17) is 0 Å². The summed E-state index contributed by atoms with van der Waals surface area (Å²) >= 11 is 0. The van der Waals surface area contributed by atoms with E-state index < -0.39 is 43.8 Å². The lowest BCUT2D eigenvalue weighted by molar-refractivity contribution is -0.140. The average Bonchev–Trinajstić information content (AvgIpc) is 2.71. The van der Waals surface area contributed by atoms with Crippen LogP contribution in [0.2, 0.25) is 0 Å². The van der Waals surface area contributed by atoms with Gasteiger partial charge >= 0.3 is 6.18 Å². The summed E-state index contributed by atoms with van der Waals surface area (Å²) in [6, 6.07) is 9.70. The van der Waals surface area contributed by atoms with Crippen molar-refractivity contribution in [2.75, 3.05) is 13.1 Å². The predicted molar refractivity (Wildman–Crippen MR) is 106 cm³/mol. The van der Waals surface area contributed by atoms with E-state index in [1.54, 1.807) is 13.0 Å². The van der Waals surface area contributed by atoms with Gasteiger partial charge in [0.15, 0.2) is 0 Å². The van der Waals surface area contributed by atoms with Gasteiger partial charge in [0, 0.05) is 19.6 Å². The number of piperidine rings is 1. The molecule has 0 spiro atoms. The van der Waals surface area contributed by atoms with E-state index in [2.05, 4.69) is 5.32 Å². The molecule has 1 amide bonds. The van der Waals surface area contributed by atoms with E-state index in [9.17, 15) is 30.8 Å². The fourth-order valence-electron chi connectivity index (χ4n) is 3.69. The number of carbonyl (C=O) groups excluding carboxylic acids is 1. The SMILES string of the molecule is C[C@]1(C(=O)NCc2cccc(F)c2)CCCN(S(=O)(=O)c2ccccc2C(F)(F)F)C1. The third-order valence-corrected chi connectivity index (χ3v) is 7.27. The maximum Gasteiger partial charge on any atom is 0.417 e.